The smallest absolute Gasteiger partial charge is 0.339 e. The van der Waals surface area contributed by atoms with Crippen molar-refractivity contribution in [3.8, 4) is 5.75 Å². The number of nitrogens with zero attached hydrogens (tertiary/aromatic N) is 2. The maximum Gasteiger partial charge on any atom is 0.339 e. The second-order valence-corrected chi connectivity index (χ2v) is 2.73. The lowest BCUT2D eigenvalue weighted by Crippen LogP contribution is -1.97. The molecule has 1 aromatic heterocycles. The van der Waals surface area contributed by atoms with Crippen LogP contribution in [0.15, 0.2) is 24.7 Å². The van der Waals surface area contributed by atoms with Gasteiger partial charge < -0.3 is 10.2 Å². The molecule has 1 aromatic carbocycles. The molecule has 14 heavy (non-hydrogen) atoms. The fourth-order valence-electron chi connectivity index (χ4n) is 1.21. The molecule has 5 nitrogen and oxygen atoms in total. The summed E-state index contributed by atoms with van der Waals surface area (Å²) < 4.78 is 0. The average Bonchev–Trinajstić information content (AvgIpc) is 2.18. The predicted octanol–water partition coefficient (Wildman–Crippen LogP) is 1.03. The lowest BCUT2D eigenvalue weighted by molar-refractivity contribution is 0.0694. The molecule has 0 unspecified atom stereocenters. The first kappa shape index (κ1) is 8.43. The highest BCUT2D eigenvalue weighted by molar-refractivity contribution is 5.98. The standard InChI is InChI=1S/C9H6N2O3/c12-8-6(9(13)14)2-1-5-3-10-4-11-7(5)8/h1-4,12H,(H,13,14). The fourth-order valence-corrected chi connectivity index (χ4v) is 1.21. The van der Waals surface area contributed by atoms with Gasteiger partial charge in [-0.2, -0.15) is 0 Å². The summed E-state index contributed by atoms with van der Waals surface area (Å²) in [4.78, 5) is 18.2. The minimum atomic E-state index is -1.18. The van der Waals surface area contributed by atoms with E-state index in [1.54, 1.807) is 6.07 Å². The van der Waals surface area contributed by atoms with Gasteiger partial charge in [-0.3, -0.25) is 0 Å². The monoisotopic (exact) mass is 190 g/mol. The first-order chi connectivity index (χ1) is 6.70. The van der Waals surface area contributed by atoms with Gasteiger partial charge in [0.25, 0.3) is 0 Å². The molecular formula is C9H6N2O3. The number of hydrogen-bond donors (Lipinski definition) is 2. The van der Waals surface area contributed by atoms with Gasteiger partial charge in [0, 0.05) is 11.6 Å². The Morgan fingerprint density at radius 2 is 2.14 bits per heavy atom. The van der Waals surface area contributed by atoms with E-state index in [1.165, 1.54) is 18.6 Å². The molecule has 70 valence electrons. The summed E-state index contributed by atoms with van der Waals surface area (Å²) in [6, 6.07) is 2.88. The van der Waals surface area contributed by atoms with Gasteiger partial charge in [-0.25, -0.2) is 14.8 Å². The zero-order valence-corrected chi connectivity index (χ0v) is 7.01. The number of aromatic nitrogens is 2. The third-order valence-corrected chi connectivity index (χ3v) is 1.88. The highest BCUT2D eigenvalue weighted by Crippen LogP contribution is 2.25. The maximum absolute atomic E-state index is 10.7. The molecule has 0 saturated heterocycles. The Balaban J connectivity index is 2.81. The van der Waals surface area contributed by atoms with E-state index in [-0.39, 0.29) is 16.8 Å². The summed E-state index contributed by atoms with van der Waals surface area (Å²) in [7, 11) is 0. The van der Waals surface area contributed by atoms with Crippen molar-refractivity contribution in [1.29, 1.82) is 0 Å². The number of phenols is 1. The Morgan fingerprint density at radius 1 is 1.36 bits per heavy atom. The second kappa shape index (κ2) is 2.95. The molecule has 0 fully saturated rings. The van der Waals surface area contributed by atoms with Gasteiger partial charge in [-0.15, -0.1) is 0 Å². The first-order valence-electron chi connectivity index (χ1n) is 3.85. The van der Waals surface area contributed by atoms with Crippen molar-refractivity contribution < 1.29 is 15.0 Å². The van der Waals surface area contributed by atoms with Crippen molar-refractivity contribution in [2.75, 3.05) is 0 Å². The van der Waals surface area contributed by atoms with Crippen LogP contribution in [0.5, 0.6) is 5.75 Å². The van der Waals surface area contributed by atoms with Crippen LogP contribution in [0.3, 0.4) is 0 Å². The largest absolute Gasteiger partial charge is 0.505 e. The molecule has 0 aliphatic carbocycles. The van der Waals surface area contributed by atoms with Crippen molar-refractivity contribution >= 4 is 16.9 Å². The van der Waals surface area contributed by atoms with Crippen molar-refractivity contribution in [2.45, 2.75) is 0 Å². The van der Waals surface area contributed by atoms with Crippen LogP contribution in [-0.2, 0) is 0 Å². The number of aromatic hydroxyl groups is 1. The van der Waals surface area contributed by atoms with E-state index in [0.717, 1.165) is 0 Å². The van der Waals surface area contributed by atoms with Gasteiger partial charge in [-0.1, -0.05) is 6.07 Å². The number of rotatable bonds is 1. The Morgan fingerprint density at radius 3 is 2.86 bits per heavy atom. The molecule has 0 saturated carbocycles. The van der Waals surface area contributed by atoms with Crippen molar-refractivity contribution in [2.24, 2.45) is 0 Å². The van der Waals surface area contributed by atoms with Crippen LogP contribution in [0.25, 0.3) is 10.9 Å². The predicted molar refractivity (Wildman–Crippen MR) is 48.2 cm³/mol. The van der Waals surface area contributed by atoms with Gasteiger partial charge >= 0.3 is 5.97 Å². The Bertz CT molecular complexity index is 510. The minimum absolute atomic E-state index is 0.156. The number of carboxylic acid groups (broad SMARTS) is 1. The molecular weight excluding hydrogens is 184 g/mol. The van der Waals surface area contributed by atoms with Crippen molar-refractivity contribution in [3.05, 3.63) is 30.2 Å². The van der Waals surface area contributed by atoms with Crippen molar-refractivity contribution in [3.63, 3.8) is 0 Å². The molecule has 0 amide bonds. The average molecular weight is 190 g/mol. The second-order valence-electron chi connectivity index (χ2n) is 2.73. The van der Waals surface area contributed by atoms with Crippen LogP contribution in [0.1, 0.15) is 10.4 Å². The van der Waals surface area contributed by atoms with Gasteiger partial charge in [0.2, 0.25) is 0 Å². The van der Waals surface area contributed by atoms with Crippen LogP contribution in [0, 0.1) is 0 Å². The summed E-state index contributed by atoms with van der Waals surface area (Å²) >= 11 is 0. The summed E-state index contributed by atoms with van der Waals surface area (Å²) in [6.45, 7) is 0. The SMILES string of the molecule is O=C(O)c1ccc2cncnc2c1O. The molecule has 0 atom stereocenters. The maximum atomic E-state index is 10.7. The molecule has 0 bridgehead atoms. The third-order valence-electron chi connectivity index (χ3n) is 1.88. The van der Waals surface area contributed by atoms with Crippen LogP contribution < -0.4 is 0 Å². The number of aromatic carboxylic acids is 1. The third kappa shape index (κ3) is 1.15. The normalized spacial score (nSPS) is 10.3. The minimum Gasteiger partial charge on any atom is -0.505 e. The molecule has 2 aromatic rings. The highest BCUT2D eigenvalue weighted by atomic mass is 16.4. The Kier molecular flexibility index (Phi) is 1.78. The molecule has 0 spiro atoms. The van der Waals surface area contributed by atoms with Gasteiger partial charge in [0.1, 0.15) is 17.4 Å². The van der Waals surface area contributed by atoms with E-state index < -0.39 is 5.97 Å². The number of carbonyl (C=O) groups is 1. The van der Waals surface area contributed by atoms with Gasteiger partial charge in [0.05, 0.1) is 0 Å². The summed E-state index contributed by atoms with van der Waals surface area (Å²) in [5.41, 5.74) is 0.0936. The summed E-state index contributed by atoms with van der Waals surface area (Å²) in [5.74, 6) is -1.50. The van der Waals surface area contributed by atoms with E-state index >= 15 is 0 Å². The Hall–Kier alpha value is -2.17. The van der Waals surface area contributed by atoms with Crippen LogP contribution in [0.4, 0.5) is 0 Å². The fraction of sp³-hybridized carbons (Fsp3) is 0. The van der Waals surface area contributed by atoms with E-state index in [9.17, 15) is 9.90 Å². The van der Waals surface area contributed by atoms with Gasteiger partial charge in [-0.05, 0) is 6.07 Å². The van der Waals surface area contributed by atoms with Gasteiger partial charge in [0.15, 0.2) is 5.75 Å². The molecule has 5 heteroatoms. The van der Waals surface area contributed by atoms with E-state index in [1.807, 2.05) is 0 Å². The highest BCUT2D eigenvalue weighted by Gasteiger charge is 2.12. The lowest BCUT2D eigenvalue weighted by Gasteiger charge is -2.01. The molecule has 1 heterocycles. The van der Waals surface area contributed by atoms with E-state index in [4.69, 9.17) is 5.11 Å². The number of hydrogen-bond acceptors (Lipinski definition) is 4. The zero-order chi connectivity index (χ0) is 10.1. The van der Waals surface area contributed by atoms with E-state index in [0.29, 0.717) is 5.39 Å². The quantitative estimate of drug-likeness (QED) is 0.701. The molecule has 0 aliphatic heterocycles. The van der Waals surface area contributed by atoms with Crippen molar-refractivity contribution in [1.82, 2.24) is 9.97 Å². The Labute approximate surface area is 78.7 Å². The number of benzene rings is 1. The van der Waals surface area contributed by atoms with Crippen LogP contribution in [-0.4, -0.2) is 26.2 Å². The first-order valence-corrected chi connectivity index (χ1v) is 3.85. The molecule has 0 radical (unpaired) electrons. The topological polar surface area (TPSA) is 83.3 Å². The molecule has 2 rings (SSSR count). The summed E-state index contributed by atoms with van der Waals surface area (Å²) in [6.07, 6.45) is 2.77. The molecule has 0 aliphatic rings. The number of fused-ring (bicyclic) bond motifs is 1. The number of carboxylic acids is 1. The zero-order valence-electron chi connectivity index (χ0n) is 7.01. The van der Waals surface area contributed by atoms with E-state index in [2.05, 4.69) is 9.97 Å². The lowest BCUT2D eigenvalue weighted by atomic mass is 10.1. The summed E-state index contributed by atoms with van der Waals surface area (Å²) in [5, 5.41) is 18.9. The van der Waals surface area contributed by atoms with Crippen LogP contribution >= 0.6 is 0 Å². The molecule has 2 N–H and O–H groups in total. The van der Waals surface area contributed by atoms with Crippen LogP contribution in [0.2, 0.25) is 0 Å².